The summed E-state index contributed by atoms with van der Waals surface area (Å²) in [7, 11) is 0. The van der Waals surface area contributed by atoms with Crippen molar-refractivity contribution in [3.8, 4) is 0 Å². The average molecular weight is 361 g/mol. The van der Waals surface area contributed by atoms with Gasteiger partial charge in [-0.25, -0.2) is 4.98 Å². The molecule has 1 aromatic carbocycles. The molecule has 0 spiro atoms. The first kappa shape index (κ1) is 16.8. The van der Waals surface area contributed by atoms with Gasteiger partial charge in [-0.2, -0.15) is 22.7 Å². The second-order valence-electron chi connectivity index (χ2n) is 7.30. The average Bonchev–Trinajstić information content (AvgIpc) is 3.07. The number of anilines is 1. The Labute approximate surface area is 148 Å². The highest BCUT2D eigenvalue weighted by Gasteiger charge is 2.38. The molecule has 26 heavy (non-hydrogen) atoms. The highest BCUT2D eigenvalue weighted by Crippen LogP contribution is 2.45. The molecule has 8 heteroatoms. The molecule has 0 saturated carbocycles. The Morgan fingerprint density at radius 3 is 2.65 bits per heavy atom. The van der Waals surface area contributed by atoms with Crippen LogP contribution in [-0.2, 0) is 11.6 Å². The third-order valence-corrected chi connectivity index (χ3v) is 4.80. The molecule has 2 aromatic heterocycles. The quantitative estimate of drug-likeness (QED) is 0.740. The summed E-state index contributed by atoms with van der Waals surface area (Å²) < 4.78 is 40.1. The third-order valence-electron chi connectivity index (χ3n) is 4.80. The van der Waals surface area contributed by atoms with E-state index in [0.29, 0.717) is 11.5 Å². The number of rotatable bonds is 2. The van der Waals surface area contributed by atoms with Crippen molar-refractivity contribution in [2.24, 2.45) is 0 Å². The first-order valence-corrected chi connectivity index (χ1v) is 8.33. The van der Waals surface area contributed by atoms with Crippen LogP contribution in [0.2, 0.25) is 0 Å². The maximum Gasteiger partial charge on any atom is 0.453 e. The van der Waals surface area contributed by atoms with Gasteiger partial charge in [-0.1, -0.05) is 38.1 Å². The van der Waals surface area contributed by atoms with Crippen LogP contribution in [-0.4, -0.2) is 19.6 Å². The molecule has 0 radical (unpaired) electrons. The summed E-state index contributed by atoms with van der Waals surface area (Å²) in [6, 6.07) is 9.79. The first-order chi connectivity index (χ1) is 12.1. The minimum absolute atomic E-state index is 0.0189. The fourth-order valence-corrected chi connectivity index (χ4v) is 3.66. The maximum atomic E-state index is 13.0. The lowest BCUT2D eigenvalue weighted by Gasteiger charge is -2.20. The number of halogens is 3. The molecule has 1 aliphatic rings. The normalized spacial score (nSPS) is 18.9. The topological polar surface area (TPSA) is 55.1 Å². The van der Waals surface area contributed by atoms with Crippen molar-refractivity contribution >= 4 is 11.6 Å². The number of benzene rings is 1. The van der Waals surface area contributed by atoms with E-state index in [1.165, 1.54) is 5.56 Å². The molecule has 0 fully saturated rings. The third kappa shape index (κ3) is 2.69. The number of fused-ring (bicyclic) bond motifs is 2. The zero-order valence-corrected chi connectivity index (χ0v) is 14.6. The number of aromatic nitrogens is 4. The van der Waals surface area contributed by atoms with Crippen molar-refractivity contribution in [2.45, 2.75) is 44.8 Å². The Kier molecular flexibility index (Phi) is 3.51. The zero-order valence-electron chi connectivity index (χ0n) is 14.6. The number of aryl methyl sites for hydroxylation is 1. The summed E-state index contributed by atoms with van der Waals surface area (Å²) in [6.07, 6.45) is -3.78. The second-order valence-corrected chi connectivity index (χ2v) is 7.30. The van der Waals surface area contributed by atoms with Gasteiger partial charge in [-0.15, -0.1) is 5.10 Å². The molecule has 1 aliphatic carbocycles. The van der Waals surface area contributed by atoms with Crippen LogP contribution in [0.15, 0.2) is 30.3 Å². The van der Waals surface area contributed by atoms with Crippen LogP contribution in [0.1, 0.15) is 49.0 Å². The molecule has 136 valence electrons. The molecule has 1 atom stereocenters. The van der Waals surface area contributed by atoms with E-state index in [4.69, 9.17) is 0 Å². The number of hydrogen-bond donors (Lipinski definition) is 1. The molecule has 3 aromatic rings. The Balaban J connectivity index is 1.78. The van der Waals surface area contributed by atoms with Crippen LogP contribution in [0.4, 0.5) is 19.0 Å². The minimum Gasteiger partial charge on any atom is -0.363 e. The molecule has 2 heterocycles. The standard InChI is InChI=1S/C18H18F3N5/c1-10-8-14(26-16(22-10)24-15(25-26)18(19,20)21)23-13-9-17(2,3)12-7-5-4-6-11(12)13/h4-8,13,23H,9H2,1-3H3. The van der Waals surface area contributed by atoms with Crippen molar-refractivity contribution in [1.82, 2.24) is 19.6 Å². The molecule has 0 aliphatic heterocycles. The van der Waals surface area contributed by atoms with E-state index in [9.17, 15) is 13.2 Å². The summed E-state index contributed by atoms with van der Waals surface area (Å²) in [6.45, 7) is 6.05. The Morgan fingerprint density at radius 1 is 1.19 bits per heavy atom. The second kappa shape index (κ2) is 5.43. The van der Waals surface area contributed by atoms with Gasteiger partial charge >= 0.3 is 6.18 Å². The largest absolute Gasteiger partial charge is 0.453 e. The number of nitrogens with zero attached hydrogens (tertiary/aromatic N) is 4. The van der Waals surface area contributed by atoms with Crippen LogP contribution in [0.5, 0.6) is 0 Å². The van der Waals surface area contributed by atoms with Gasteiger partial charge in [0.2, 0.25) is 0 Å². The minimum atomic E-state index is -4.61. The van der Waals surface area contributed by atoms with Crippen LogP contribution in [0.25, 0.3) is 5.78 Å². The number of hydrogen-bond acceptors (Lipinski definition) is 4. The van der Waals surface area contributed by atoms with E-state index in [-0.39, 0.29) is 17.2 Å². The molecule has 1 N–H and O–H groups in total. The zero-order chi connectivity index (χ0) is 18.7. The summed E-state index contributed by atoms with van der Waals surface area (Å²) in [5, 5.41) is 6.97. The van der Waals surface area contributed by atoms with E-state index >= 15 is 0 Å². The SMILES string of the molecule is Cc1cc(NC2CC(C)(C)c3ccccc32)n2nc(C(F)(F)F)nc2n1. The van der Waals surface area contributed by atoms with Crippen molar-refractivity contribution in [3.63, 3.8) is 0 Å². The smallest absolute Gasteiger partial charge is 0.363 e. The van der Waals surface area contributed by atoms with Gasteiger partial charge in [0, 0.05) is 11.8 Å². The summed E-state index contributed by atoms with van der Waals surface area (Å²) in [5.41, 5.74) is 2.95. The molecule has 1 unspecified atom stereocenters. The monoisotopic (exact) mass is 361 g/mol. The van der Waals surface area contributed by atoms with Gasteiger partial charge in [0.25, 0.3) is 11.6 Å². The molecule has 0 bridgehead atoms. The Bertz CT molecular complexity index is 990. The van der Waals surface area contributed by atoms with Crippen LogP contribution >= 0.6 is 0 Å². The van der Waals surface area contributed by atoms with Crippen LogP contribution < -0.4 is 5.32 Å². The molecule has 4 rings (SSSR count). The molecule has 0 amide bonds. The van der Waals surface area contributed by atoms with Gasteiger partial charge in [0.1, 0.15) is 5.82 Å². The molecule has 0 saturated heterocycles. The molecule has 5 nitrogen and oxygen atoms in total. The maximum absolute atomic E-state index is 13.0. The molecular weight excluding hydrogens is 343 g/mol. The fraction of sp³-hybridized carbons (Fsp3) is 0.389. The van der Waals surface area contributed by atoms with Crippen molar-refractivity contribution in [2.75, 3.05) is 5.32 Å². The fourth-order valence-electron chi connectivity index (χ4n) is 3.66. The van der Waals surface area contributed by atoms with E-state index < -0.39 is 12.0 Å². The summed E-state index contributed by atoms with van der Waals surface area (Å²) in [4.78, 5) is 7.60. The lowest BCUT2D eigenvalue weighted by molar-refractivity contribution is -0.144. The number of alkyl halides is 3. The van der Waals surface area contributed by atoms with Gasteiger partial charge < -0.3 is 5.32 Å². The lowest BCUT2D eigenvalue weighted by Crippen LogP contribution is -2.16. The first-order valence-electron chi connectivity index (χ1n) is 8.33. The van der Waals surface area contributed by atoms with Crippen molar-refractivity contribution in [3.05, 3.63) is 53.0 Å². The van der Waals surface area contributed by atoms with Gasteiger partial charge in [-0.3, -0.25) is 0 Å². The van der Waals surface area contributed by atoms with Crippen molar-refractivity contribution in [1.29, 1.82) is 0 Å². The highest BCUT2D eigenvalue weighted by atomic mass is 19.4. The van der Waals surface area contributed by atoms with E-state index in [1.54, 1.807) is 13.0 Å². The molecular formula is C18H18F3N5. The predicted octanol–water partition coefficient (Wildman–Crippen LogP) is 4.29. The summed E-state index contributed by atoms with van der Waals surface area (Å²) >= 11 is 0. The highest BCUT2D eigenvalue weighted by molar-refractivity contribution is 5.51. The predicted molar refractivity (Wildman–Crippen MR) is 91.0 cm³/mol. The Morgan fingerprint density at radius 2 is 1.92 bits per heavy atom. The Hall–Kier alpha value is -2.64. The number of nitrogens with one attached hydrogen (secondary N) is 1. The van der Waals surface area contributed by atoms with Gasteiger partial charge in [-0.05, 0) is 29.9 Å². The van der Waals surface area contributed by atoms with Gasteiger partial charge in [0.15, 0.2) is 0 Å². The van der Waals surface area contributed by atoms with Crippen molar-refractivity contribution < 1.29 is 13.2 Å². The van der Waals surface area contributed by atoms with E-state index in [0.717, 1.165) is 16.5 Å². The van der Waals surface area contributed by atoms with Gasteiger partial charge in [0.05, 0.1) is 6.04 Å². The van der Waals surface area contributed by atoms with Crippen LogP contribution in [0.3, 0.4) is 0 Å². The lowest BCUT2D eigenvalue weighted by atomic mass is 9.86. The van der Waals surface area contributed by atoms with E-state index in [1.807, 2.05) is 12.1 Å². The van der Waals surface area contributed by atoms with Crippen LogP contribution in [0, 0.1) is 6.92 Å². The summed E-state index contributed by atoms with van der Waals surface area (Å²) in [5.74, 6) is -0.802. The van der Waals surface area contributed by atoms with E-state index in [2.05, 4.69) is 46.4 Å².